The number of amides is 1. The van der Waals surface area contributed by atoms with Gasteiger partial charge in [-0.2, -0.15) is 0 Å². The van der Waals surface area contributed by atoms with Crippen LogP contribution >= 0.6 is 0 Å². The van der Waals surface area contributed by atoms with Crippen LogP contribution in [0.1, 0.15) is 10.6 Å². The zero-order valence-corrected chi connectivity index (χ0v) is 17.0. The van der Waals surface area contributed by atoms with Crippen LogP contribution in [0.25, 0.3) is 22.0 Å². The Balaban J connectivity index is 1.58. The fourth-order valence-electron chi connectivity index (χ4n) is 3.58. The predicted molar refractivity (Wildman–Crippen MR) is 113 cm³/mol. The molecule has 1 fully saturated rings. The lowest BCUT2D eigenvalue weighted by Crippen LogP contribution is -2.40. The first-order valence-electron chi connectivity index (χ1n) is 9.56. The van der Waals surface area contributed by atoms with Crippen molar-refractivity contribution in [3.05, 3.63) is 58.7 Å². The highest BCUT2D eigenvalue weighted by Gasteiger charge is 2.29. The molecular formula is C20H18N4O6S. The molecule has 160 valence electrons. The second-order valence-electron chi connectivity index (χ2n) is 7.10. The van der Waals surface area contributed by atoms with Crippen LogP contribution in [0.5, 0.6) is 0 Å². The van der Waals surface area contributed by atoms with E-state index in [1.165, 1.54) is 18.2 Å². The molecule has 0 radical (unpaired) electrons. The molecule has 1 aliphatic rings. The molecule has 1 saturated heterocycles. The number of morpholine rings is 1. The van der Waals surface area contributed by atoms with Gasteiger partial charge in [0.25, 0.3) is 15.9 Å². The molecule has 4 aromatic rings. The molecule has 2 aromatic heterocycles. The van der Waals surface area contributed by atoms with Crippen molar-refractivity contribution in [2.45, 2.75) is 4.90 Å². The van der Waals surface area contributed by atoms with E-state index in [-0.39, 0.29) is 16.3 Å². The van der Waals surface area contributed by atoms with Gasteiger partial charge in [0.15, 0.2) is 0 Å². The molecule has 3 heterocycles. The summed E-state index contributed by atoms with van der Waals surface area (Å²) in [5, 5.41) is 0.471. The van der Waals surface area contributed by atoms with E-state index in [4.69, 9.17) is 9.15 Å². The van der Waals surface area contributed by atoms with E-state index < -0.39 is 21.6 Å². The molecule has 1 amide bonds. The first kappa shape index (κ1) is 19.4. The molecule has 10 nitrogen and oxygen atoms in total. The van der Waals surface area contributed by atoms with Crippen molar-refractivity contribution in [3.8, 4) is 0 Å². The monoisotopic (exact) mass is 442 g/mol. The molecular weight excluding hydrogens is 424 g/mol. The van der Waals surface area contributed by atoms with Crippen LogP contribution in [0.4, 0.5) is 5.69 Å². The number of carbonyl (C=O) groups is 1. The van der Waals surface area contributed by atoms with E-state index >= 15 is 0 Å². The van der Waals surface area contributed by atoms with Crippen LogP contribution in [-0.4, -0.2) is 55.5 Å². The Morgan fingerprint density at radius 2 is 1.77 bits per heavy atom. The number of anilines is 1. The second-order valence-corrected chi connectivity index (χ2v) is 8.78. The number of aromatic amines is 2. The zero-order chi connectivity index (χ0) is 21.6. The van der Waals surface area contributed by atoms with Crippen LogP contribution in [0.2, 0.25) is 0 Å². The van der Waals surface area contributed by atoms with Crippen LogP contribution in [0.3, 0.4) is 0 Å². The first-order chi connectivity index (χ1) is 14.9. The smallest absolute Gasteiger partial charge is 0.323 e. The summed E-state index contributed by atoms with van der Waals surface area (Å²) in [7, 11) is -4.09. The number of fused-ring (bicyclic) bond motifs is 2. The lowest BCUT2D eigenvalue weighted by molar-refractivity contribution is 0.0285. The molecule has 0 atom stereocenters. The number of nitrogens with one attached hydrogen (secondary N) is 3. The highest BCUT2D eigenvalue weighted by Crippen LogP contribution is 2.34. The number of aromatic nitrogens is 2. The summed E-state index contributed by atoms with van der Waals surface area (Å²) in [5.41, 5.74) is 0.879. The first-order valence-corrected chi connectivity index (χ1v) is 11.0. The van der Waals surface area contributed by atoms with Gasteiger partial charge in [0, 0.05) is 18.5 Å². The number of imidazole rings is 1. The van der Waals surface area contributed by atoms with Crippen molar-refractivity contribution in [2.24, 2.45) is 0 Å². The maximum absolute atomic E-state index is 13.1. The van der Waals surface area contributed by atoms with Crippen molar-refractivity contribution >= 4 is 43.6 Å². The maximum atomic E-state index is 13.1. The van der Waals surface area contributed by atoms with Gasteiger partial charge >= 0.3 is 5.69 Å². The van der Waals surface area contributed by atoms with Gasteiger partial charge < -0.3 is 24.0 Å². The standard InChI is InChI=1S/C20H18N4O6S/c25-19(24-7-9-29-10-8-24)18-17(13-3-1-2-4-16(13)30-18)23-31(27,28)12-5-6-14-15(11-12)22-20(26)21-14/h1-6,11,23H,7-10H2,(H2,21,22,26). The van der Waals surface area contributed by atoms with E-state index in [2.05, 4.69) is 14.7 Å². The summed E-state index contributed by atoms with van der Waals surface area (Å²) in [5.74, 6) is -0.495. The molecule has 0 saturated carbocycles. The molecule has 5 rings (SSSR count). The topological polar surface area (TPSA) is 137 Å². The van der Waals surface area contributed by atoms with Gasteiger partial charge in [0.2, 0.25) is 5.76 Å². The van der Waals surface area contributed by atoms with Crippen molar-refractivity contribution in [2.75, 3.05) is 31.0 Å². The summed E-state index contributed by atoms with van der Waals surface area (Å²) >= 11 is 0. The number of furan rings is 1. The SMILES string of the molecule is O=C(c1oc2ccccc2c1NS(=O)(=O)c1ccc2[nH]c(=O)[nH]c2c1)N1CCOCC1. The van der Waals surface area contributed by atoms with E-state index in [1.807, 2.05) is 0 Å². The third-order valence-electron chi connectivity index (χ3n) is 5.12. The van der Waals surface area contributed by atoms with Gasteiger partial charge in [-0.3, -0.25) is 9.52 Å². The second kappa shape index (κ2) is 7.29. The number of para-hydroxylation sites is 1. The molecule has 31 heavy (non-hydrogen) atoms. The number of rotatable bonds is 4. The third kappa shape index (κ3) is 3.47. The summed E-state index contributed by atoms with van der Waals surface area (Å²) in [6, 6.07) is 11.0. The van der Waals surface area contributed by atoms with Crippen LogP contribution in [-0.2, 0) is 14.8 Å². The highest BCUT2D eigenvalue weighted by atomic mass is 32.2. The summed E-state index contributed by atoms with van der Waals surface area (Å²) in [6.45, 7) is 1.59. The molecule has 0 spiro atoms. The van der Waals surface area contributed by atoms with Crippen LogP contribution < -0.4 is 10.4 Å². The summed E-state index contributed by atoms with van der Waals surface area (Å²) in [4.78, 5) is 31.2. The Kier molecular flexibility index (Phi) is 4.56. The number of benzene rings is 2. The molecule has 0 bridgehead atoms. The summed E-state index contributed by atoms with van der Waals surface area (Å²) < 4.78 is 39.8. The van der Waals surface area contributed by atoms with E-state index in [0.29, 0.717) is 48.3 Å². The highest BCUT2D eigenvalue weighted by molar-refractivity contribution is 7.92. The molecule has 0 unspecified atom stereocenters. The lowest BCUT2D eigenvalue weighted by atomic mass is 10.2. The lowest BCUT2D eigenvalue weighted by Gasteiger charge is -2.26. The molecule has 2 aromatic carbocycles. The van der Waals surface area contributed by atoms with E-state index in [9.17, 15) is 18.0 Å². The maximum Gasteiger partial charge on any atom is 0.323 e. The van der Waals surface area contributed by atoms with Gasteiger partial charge in [0.05, 0.1) is 29.1 Å². The Morgan fingerprint density at radius 3 is 2.58 bits per heavy atom. The fourth-order valence-corrected chi connectivity index (χ4v) is 4.69. The number of hydrogen-bond donors (Lipinski definition) is 3. The van der Waals surface area contributed by atoms with Gasteiger partial charge in [-0.25, -0.2) is 13.2 Å². The minimum atomic E-state index is -4.09. The fraction of sp³-hybridized carbons (Fsp3) is 0.200. The van der Waals surface area contributed by atoms with Gasteiger partial charge in [-0.15, -0.1) is 0 Å². The van der Waals surface area contributed by atoms with E-state index in [0.717, 1.165) is 0 Å². The third-order valence-corrected chi connectivity index (χ3v) is 6.47. The zero-order valence-electron chi connectivity index (χ0n) is 16.2. The minimum Gasteiger partial charge on any atom is -0.449 e. The Bertz CT molecular complexity index is 1460. The molecule has 11 heteroatoms. The number of carbonyl (C=O) groups excluding carboxylic acids is 1. The average Bonchev–Trinajstić information content (AvgIpc) is 3.32. The van der Waals surface area contributed by atoms with Crippen LogP contribution in [0, 0.1) is 0 Å². The molecule has 3 N–H and O–H groups in total. The predicted octanol–water partition coefficient (Wildman–Crippen LogP) is 1.88. The van der Waals surface area contributed by atoms with Crippen LogP contribution in [0.15, 0.2) is 56.6 Å². The number of sulfonamides is 1. The number of nitrogens with zero attached hydrogens (tertiary/aromatic N) is 1. The van der Waals surface area contributed by atoms with Crippen molar-refractivity contribution in [3.63, 3.8) is 0 Å². The number of ether oxygens (including phenoxy) is 1. The number of hydrogen-bond acceptors (Lipinski definition) is 6. The normalized spacial score (nSPS) is 14.9. The van der Waals surface area contributed by atoms with E-state index in [1.54, 1.807) is 29.2 Å². The van der Waals surface area contributed by atoms with Gasteiger partial charge in [-0.1, -0.05) is 12.1 Å². The Labute approximate surface area is 175 Å². The molecule has 0 aliphatic carbocycles. The minimum absolute atomic E-state index is 0.0645. The number of H-pyrrole nitrogens is 2. The van der Waals surface area contributed by atoms with Gasteiger partial charge in [-0.05, 0) is 30.3 Å². The largest absolute Gasteiger partial charge is 0.449 e. The van der Waals surface area contributed by atoms with Crippen molar-refractivity contribution in [1.29, 1.82) is 0 Å². The molecule has 1 aliphatic heterocycles. The average molecular weight is 442 g/mol. The van der Waals surface area contributed by atoms with Crippen molar-refractivity contribution in [1.82, 2.24) is 14.9 Å². The summed E-state index contributed by atoms with van der Waals surface area (Å²) in [6.07, 6.45) is 0. The quantitative estimate of drug-likeness (QED) is 0.441. The van der Waals surface area contributed by atoms with Crippen molar-refractivity contribution < 1.29 is 22.4 Å². The Morgan fingerprint density at radius 1 is 1.03 bits per heavy atom. The Hall–Kier alpha value is -3.57. The van der Waals surface area contributed by atoms with Gasteiger partial charge in [0.1, 0.15) is 11.3 Å².